The molecule has 2 N–H and O–H groups in total. The van der Waals surface area contributed by atoms with E-state index in [9.17, 15) is 0 Å². The summed E-state index contributed by atoms with van der Waals surface area (Å²) in [5, 5.41) is 0. The number of nitrogens with two attached hydrogens (primary N) is 1. The molecule has 21 heavy (non-hydrogen) atoms. The number of nitrogen functional groups attached to an aromatic ring is 1. The summed E-state index contributed by atoms with van der Waals surface area (Å²) < 4.78 is 2.32. The third-order valence-corrected chi connectivity index (χ3v) is 4.99. The molecule has 1 aromatic carbocycles. The normalized spacial score (nSPS) is 11.7. The molecule has 0 aliphatic heterocycles. The summed E-state index contributed by atoms with van der Waals surface area (Å²) in [6.45, 7) is 9.61. The number of fused-ring (bicyclic) bond motifs is 1. The molecule has 0 saturated heterocycles. The summed E-state index contributed by atoms with van der Waals surface area (Å²) in [6, 6.07) is 8.28. The Morgan fingerprint density at radius 3 is 2.62 bits per heavy atom. The SMILES string of the molecule is Cc1cc(Cn2c(C(C)C)nc3cc(N)ccc32)sc1C. The van der Waals surface area contributed by atoms with Crippen molar-refractivity contribution in [1.29, 1.82) is 0 Å². The maximum atomic E-state index is 5.89. The van der Waals surface area contributed by atoms with Crippen LogP contribution in [0.15, 0.2) is 24.3 Å². The van der Waals surface area contributed by atoms with Crippen LogP contribution in [0.2, 0.25) is 0 Å². The zero-order valence-electron chi connectivity index (χ0n) is 13.0. The van der Waals surface area contributed by atoms with Gasteiger partial charge in [-0.25, -0.2) is 4.98 Å². The molecule has 3 rings (SSSR count). The van der Waals surface area contributed by atoms with E-state index in [0.29, 0.717) is 5.92 Å². The number of aromatic nitrogens is 2. The van der Waals surface area contributed by atoms with Crippen LogP contribution in [0.3, 0.4) is 0 Å². The van der Waals surface area contributed by atoms with Crippen LogP contribution in [0.5, 0.6) is 0 Å². The van der Waals surface area contributed by atoms with Crippen LogP contribution in [0.1, 0.15) is 40.9 Å². The number of hydrogen-bond acceptors (Lipinski definition) is 3. The fourth-order valence-electron chi connectivity index (χ4n) is 2.66. The number of aryl methyl sites for hydroxylation is 2. The zero-order chi connectivity index (χ0) is 15.1. The largest absolute Gasteiger partial charge is 0.399 e. The smallest absolute Gasteiger partial charge is 0.112 e. The van der Waals surface area contributed by atoms with E-state index in [2.05, 4.69) is 44.4 Å². The molecular weight excluding hydrogens is 278 g/mol. The third-order valence-electron chi connectivity index (χ3n) is 3.85. The van der Waals surface area contributed by atoms with Crippen molar-refractivity contribution >= 4 is 28.1 Å². The second kappa shape index (κ2) is 5.19. The second-order valence-corrected chi connectivity index (χ2v) is 7.25. The highest BCUT2D eigenvalue weighted by Gasteiger charge is 2.15. The lowest BCUT2D eigenvalue weighted by Gasteiger charge is -2.10. The molecule has 110 valence electrons. The first-order chi connectivity index (χ1) is 9.95. The van der Waals surface area contributed by atoms with E-state index in [-0.39, 0.29) is 0 Å². The van der Waals surface area contributed by atoms with Crippen LogP contribution in [0, 0.1) is 13.8 Å². The van der Waals surface area contributed by atoms with Gasteiger partial charge in [-0.15, -0.1) is 11.3 Å². The van der Waals surface area contributed by atoms with E-state index in [4.69, 9.17) is 10.7 Å². The van der Waals surface area contributed by atoms with Gasteiger partial charge in [0.15, 0.2) is 0 Å². The molecule has 0 radical (unpaired) electrons. The maximum absolute atomic E-state index is 5.89. The van der Waals surface area contributed by atoms with Gasteiger partial charge in [-0.2, -0.15) is 0 Å². The van der Waals surface area contributed by atoms with Gasteiger partial charge in [0, 0.05) is 21.4 Å². The van der Waals surface area contributed by atoms with E-state index in [1.54, 1.807) is 0 Å². The number of anilines is 1. The molecule has 0 aliphatic rings. The molecule has 0 saturated carbocycles. The van der Waals surface area contributed by atoms with Gasteiger partial charge < -0.3 is 10.3 Å². The molecule has 0 spiro atoms. The Balaban J connectivity index is 2.12. The summed E-state index contributed by atoms with van der Waals surface area (Å²) >= 11 is 1.87. The lowest BCUT2D eigenvalue weighted by atomic mass is 10.2. The molecule has 0 atom stereocenters. The van der Waals surface area contributed by atoms with Gasteiger partial charge in [-0.3, -0.25) is 0 Å². The molecule has 0 bridgehead atoms. The summed E-state index contributed by atoms with van der Waals surface area (Å²) in [7, 11) is 0. The van der Waals surface area contributed by atoms with Gasteiger partial charge in [0.1, 0.15) is 5.82 Å². The molecule has 4 heteroatoms. The molecule has 0 fully saturated rings. The lowest BCUT2D eigenvalue weighted by Crippen LogP contribution is -2.05. The summed E-state index contributed by atoms with van der Waals surface area (Å²) in [6.07, 6.45) is 0. The molecule has 0 unspecified atom stereocenters. The summed E-state index contributed by atoms with van der Waals surface area (Å²) in [5.41, 5.74) is 10.2. The fourth-order valence-corrected chi connectivity index (χ4v) is 3.70. The lowest BCUT2D eigenvalue weighted by molar-refractivity contribution is 0.688. The first-order valence-electron chi connectivity index (χ1n) is 7.27. The van der Waals surface area contributed by atoms with Crippen LogP contribution < -0.4 is 5.73 Å². The summed E-state index contributed by atoms with van der Waals surface area (Å²) in [4.78, 5) is 7.56. The molecule has 0 amide bonds. The minimum Gasteiger partial charge on any atom is -0.399 e. The number of benzene rings is 1. The average Bonchev–Trinajstić information content (AvgIpc) is 2.91. The van der Waals surface area contributed by atoms with Gasteiger partial charge >= 0.3 is 0 Å². The average molecular weight is 299 g/mol. The Kier molecular flexibility index (Phi) is 3.49. The van der Waals surface area contributed by atoms with Gasteiger partial charge in [0.25, 0.3) is 0 Å². The predicted molar refractivity (Wildman–Crippen MR) is 91.1 cm³/mol. The monoisotopic (exact) mass is 299 g/mol. The zero-order valence-corrected chi connectivity index (χ0v) is 13.8. The molecule has 3 nitrogen and oxygen atoms in total. The van der Waals surface area contributed by atoms with Crippen LogP contribution in [-0.4, -0.2) is 9.55 Å². The van der Waals surface area contributed by atoms with Crippen molar-refractivity contribution in [1.82, 2.24) is 9.55 Å². The van der Waals surface area contributed by atoms with E-state index in [1.165, 1.54) is 15.3 Å². The standard InChI is InChI=1S/C17H21N3S/c1-10(2)17-19-15-8-13(18)5-6-16(15)20(17)9-14-7-11(3)12(4)21-14/h5-8,10H,9,18H2,1-4H3. The quantitative estimate of drug-likeness (QED) is 0.725. The van der Waals surface area contributed by atoms with Crippen molar-refractivity contribution in [3.63, 3.8) is 0 Å². The van der Waals surface area contributed by atoms with Crippen molar-refractivity contribution in [2.45, 2.75) is 40.2 Å². The number of imidazole rings is 1. The first-order valence-corrected chi connectivity index (χ1v) is 8.09. The molecular formula is C17H21N3S. The molecule has 2 heterocycles. The van der Waals surface area contributed by atoms with Crippen LogP contribution >= 0.6 is 11.3 Å². The van der Waals surface area contributed by atoms with E-state index in [0.717, 1.165) is 29.1 Å². The Hall–Kier alpha value is -1.81. The highest BCUT2D eigenvalue weighted by molar-refractivity contribution is 7.12. The predicted octanol–water partition coefficient (Wildman–Crippen LogP) is 4.47. The number of rotatable bonds is 3. The van der Waals surface area contributed by atoms with Crippen molar-refractivity contribution in [2.24, 2.45) is 0 Å². The van der Waals surface area contributed by atoms with Gasteiger partial charge in [0.05, 0.1) is 17.6 Å². The molecule has 3 aromatic rings. The van der Waals surface area contributed by atoms with Crippen molar-refractivity contribution in [2.75, 3.05) is 5.73 Å². The van der Waals surface area contributed by atoms with Crippen molar-refractivity contribution in [3.05, 3.63) is 45.4 Å². The van der Waals surface area contributed by atoms with E-state index >= 15 is 0 Å². The van der Waals surface area contributed by atoms with Gasteiger partial charge in [-0.1, -0.05) is 13.8 Å². The van der Waals surface area contributed by atoms with Crippen molar-refractivity contribution < 1.29 is 0 Å². The van der Waals surface area contributed by atoms with Crippen LogP contribution in [0.4, 0.5) is 5.69 Å². The Labute approximate surface area is 129 Å². The highest BCUT2D eigenvalue weighted by atomic mass is 32.1. The van der Waals surface area contributed by atoms with Crippen molar-refractivity contribution in [3.8, 4) is 0 Å². The highest BCUT2D eigenvalue weighted by Crippen LogP contribution is 2.27. The van der Waals surface area contributed by atoms with Gasteiger partial charge in [-0.05, 0) is 43.7 Å². The topological polar surface area (TPSA) is 43.8 Å². The van der Waals surface area contributed by atoms with Crippen LogP contribution in [-0.2, 0) is 6.54 Å². The molecule has 2 aromatic heterocycles. The Morgan fingerprint density at radius 2 is 2.00 bits per heavy atom. The Morgan fingerprint density at radius 1 is 1.24 bits per heavy atom. The van der Waals surface area contributed by atoms with E-state index in [1.807, 2.05) is 23.5 Å². The van der Waals surface area contributed by atoms with Gasteiger partial charge in [0.2, 0.25) is 0 Å². The number of thiophene rings is 1. The number of hydrogen-bond donors (Lipinski definition) is 1. The third kappa shape index (κ3) is 2.56. The summed E-state index contributed by atoms with van der Waals surface area (Å²) in [5.74, 6) is 1.51. The Bertz CT molecular complexity index is 776. The maximum Gasteiger partial charge on any atom is 0.112 e. The van der Waals surface area contributed by atoms with Crippen LogP contribution in [0.25, 0.3) is 11.0 Å². The van der Waals surface area contributed by atoms with E-state index < -0.39 is 0 Å². The molecule has 0 aliphatic carbocycles. The second-order valence-electron chi connectivity index (χ2n) is 5.91. The first kappa shape index (κ1) is 14.1. The minimum atomic E-state index is 0.390. The fraction of sp³-hybridized carbons (Fsp3) is 0.353. The number of nitrogens with zero attached hydrogens (tertiary/aromatic N) is 2. The minimum absolute atomic E-state index is 0.390.